The van der Waals surface area contributed by atoms with E-state index < -0.39 is 12.1 Å². The van der Waals surface area contributed by atoms with E-state index in [1.807, 2.05) is 42.6 Å². The molecule has 5 nitrogen and oxygen atoms in total. The molecule has 0 aliphatic heterocycles. The lowest BCUT2D eigenvalue weighted by Gasteiger charge is -2.15. The zero-order valence-electron chi connectivity index (χ0n) is 13.3. The van der Waals surface area contributed by atoms with E-state index in [-0.39, 0.29) is 13.0 Å². The zero-order chi connectivity index (χ0) is 16.8. The molecule has 0 N–H and O–H groups in total. The van der Waals surface area contributed by atoms with Crippen LogP contribution in [0.5, 0.6) is 0 Å². The predicted octanol–water partition coefficient (Wildman–Crippen LogP) is 3.31. The lowest BCUT2D eigenvalue weighted by molar-refractivity contribution is -0.150. The Morgan fingerprint density at radius 3 is 2.75 bits per heavy atom. The number of benzene rings is 1. The van der Waals surface area contributed by atoms with Crippen molar-refractivity contribution < 1.29 is 19.1 Å². The maximum absolute atomic E-state index is 12.1. The highest BCUT2D eigenvalue weighted by Gasteiger charge is 2.24. The number of hydrogen-bond donors (Lipinski definition) is 0. The van der Waals surface area contributed by atoms with Gasteiger partial charge >= 0.3 is 5.97 Å². The number of carbonyl (C=O) groups is 2. The summed E-state index contributed by atoms with van der Waals surface area (Å²) >= 11 is 0. The summed E-state index contributed by atoms with van der Waals surface area (Å²) in [4.78, 5) is 26.9. The normalized spacial score (nSPS) is 14.7. The average Bonchev–Trinajstić information content (AvgIpc) is 3.46. The molecule has 3 rings (SSSR count). The van der Waals surface area contributed by atoms with Gasteiger partial charge in [-0.15, -0.1) is 0 Å². The highest BCUT2D eigenvalue weighted by molar-refractivity contribution is 5.70. The van der Waals surface area contributed by atoms with Crippen molar-refractivity contribution in [1.82, 2.24) is 4.98 Å². The van der Waals surface area contributed by atoms with Crippen molar-refractivity contribution in [2.24, 2.45) is 0 Å². The quantitative estimate of drug-likeness (QED) is 0.550. The van der Waals surface area contributed by atoms with Gasteiger partial charge < -0.3 is 9.47 Å². The van der Waals surface area contributed by atoms with E-state index in [1.165, 1.54) is 18.4 Å². The van der Waals surface area contributed by atoms with E-state index >= 15 is 0 Å². The van der Waals surface area contributed by atoms with Gasteiger partial charge in [-0.1, -0.05) is 30.3 Å². The number of aromatic nitrogens is 1. The van der Waals surface area contributed by atoms with Crippen LogP contribution in [0.2, 0.25) is 0 Å². The van der Waals surface area contributed by atoms with Crippen LogP contribution in [-0.4, -0.2) is 17.4 Å². The number of ether oxygens (including phenoxy) is 2. The Labute approximate surface area is 140 Å². The van der Waals surface area contributed by atoms with Crippen LogP contribution in [-0.2, 0) is 25.7 Å². The van der Waals surface area contributed by atoms with Crippen LogP contribution in [0.25, 0.3) is 0 Å². The maximum Gasteiger partial charge on any atom is 0.310 e. The van der Waals surface area contributed by atoms with Crippen LogP contribution in [0.1, 0.15) is 48.0 Å². The molecule has 1 fully saturated rings. The van der Waals surface area contributed by atoms with Gasteiger partial charge in [-0.25, -0.2) is 0 Å². The average molecular weight is 325 g/mol. The smallest absolute Gasteiger partial charge is 0.310 e. The Hall–Kier alpha value is -2.69. The Morgan fingerprint density at radius 1 is 1.25 bits per heavy atom. The van der Waals surface area contributed by atoms with Gasteiger partial charge in [-0.2, -0.15) is 0 Å². The van der Waals surface area contributed by atoms with Crippen molar-refractivity contribution in [2.45, 2.75) is 37.9 Å². The molecular weight excluding hydrogens is 306 g/mol. The molecule has 1 heterocycles. The van der Waals surface area contributed by atoms with Crippen LogP contribution in [0, 0.1) is 0 Å². The fourth-order valence-electron chi connectivity index (χ4n) is 2.58. The largest absolute Gasteiger partial charge is 0.461 e. The fraction of sp³-hybridized carbons (Fsp3) is 0.316. The van der Waals surface area contributed by atoms with Gasteiger partial charge in [0.25, 0.3) is 6.47 Å². The third-order valence-corrected chi connectivity index (χ3v) is 4.01. The second-order valence-electron chi connectivity index (χ2n) is 5.90. The Kier molecular flexibility index (Phi) is 5.21. The minimum Gasteiger partial charge on any atom is -0.461 e. The molecule has 0 radical (unpaired) electrons. The lowest BCUT2D eigenvalue weighted by Crippen LogP contribution is -2.13. The van der Waals surface area contributed by atoms with Gasteiger partial charge in [0, 0.05) is 18.0 Å². The van der Waals surface area contributed by atoms with Gasteiger partial charge in [-0.3, -0.25) is 14.6 Å². The Bertz CT molecular complexity index is 698. The van der Waals surface area contributed by atoms with E-state index in [9.17, 15) is 9.59 Å². The first kappa shape index (κ1) is 16.2. The van der Waals surface area contributed by atoms with E-state index in [2.05, 4.69) is 4.98 Å². The van der Waals surface area contributed by atoms with Crippen molar-refractivity contribution in [3.8, 4) is 0 Å². The third kappa shape index (κ3) is 4.41. The van der Waals surface area contributed by atoms with Gasteiger partial charge in [-0.05, 0) is 36.0 Å². The van der Waals surface area contributed by atoms with E-state index in [0.29, 0.717) is 12.4 Å². The SMILES string of the molecule is O=COC(CC(=O)OCc1cncc(C2CC2)c1)c1ccccc1. The summed E-state index contributed by atoms with van der Waals surface area (Å²) in [6, 6.07) is 11.2. The Morgan fingerprint density at radius 2 is 2.04 bits per heavy atom. The number of hydrogen-bond acceptors (Lipinski definition) is 5. The molecular formula is C19H19NO4. The minimum atomic E-state index is -0.632. The zero-order valence-corrected chi connectivity index (χ0v) is 13.3. The molecule has 0 amide bonds. The second kappa shape index (κ2) is 7.73. The first-order valence-electron chi connectivity index (χ1n) is 8.00. The van der Waals surface area contributed by atoms with Crippen molar-refractivity contribution in [2.75, 3.05) is 0 Å². The standard InChI is InChI=1S/C19H19NO4/c21-13-24-18(16-4-2-1-3-5-16)9-19(22)23-12-14-8-17(11-20-10-14)15-6-7-15/h1-5,8,10-11,13,15,18H,6-7,9,12H2. The van der Waals surface area contributed by atoms with Crippen LogP contribution >= 0.6 is 0 Å². The molecule has 1 unspecified atom stereocenters. The van der Waals surface area contributed by atoms with E-state index in [1.54, 1.807) is 6.20 Å². The third-order valence-electron chi connectivity index (χ3n) is 4.01. The van der Waals surface area contributed by atoms with Crippen LogP contribution in [0.3, 0.4) is 0 Å². The summed E-state index contributed by atoms with van der Waals surface area (Å²) in [7, 11) is 0. The molecule has 24 heavy (non-hydrogen) atoms. The summed E-state index contributed by atoms with van der Waals surface area (Å²) in [5.41, 5.74) is 2.84. The molecule has 1 aliphatic carbocycles. The first-order chi connectivity index (χ1) is 11.8. The highest BCUT2D eigenvalue weighted by atomic mass is 16.5. The summed E-state index contributed by atoms with van der Waals surface area (Å²) in [5, 5.41) is 0. The molecule has 1 aliphatic rings. The highest BCUT2D eigenvalue weighted by Crippen LogP contribution is 2.39. The molecule has 1 aromatic carbocycles. The van der Waals surface area contributed by atoms with Gasteiger partial charge in [0.1, 0.15) is 12.7 Å². The first-order valence-corrected chi connectivity index (χ1v) is 8.00. The number of esters is 1. The lowest BCUT2D eigenvalue weighted by atomic mass is 10.1. The molecule has 0 bridgehead atoms. The van der Waals surface area contributed by atoms with Crippen molar-refractivity contribution in [3.63, 3.8) is 0 Å². The summed E-state index contributed by atoms with van der Waals surface area (Å²) in [5.74, 6) is 0.194. The molecule has 2 aromatic rings. The van der Waals surface area contributed by atoms with Gasteiger partial charge in [0.05, 0.1) is 6.42 Å². The summed E-state index contributed by atoms with van der Waals surface area (Å²) in [6.45, 7) is 0.531. The van der Waals surface area contributed by atoms with E-state index in [0.717, 1.165) is 11.1 Å². The van der Waals surface area contributed by atoms with Crippen LogP contribution in [0.4, 0.5) is 0 Å². The number of pyridine rings is 1. The maximum atomic E-state index is 12.1. The van der Waals surface area contributed by atoms with Gasteiger partial charge in [0.15, 0.2) is 0 Å². The topological polar surface area (TPSA) is 65.5 Å². The molecule has 5 heteroatoms. The fourth-order valence-corrected chi connectivity index (χ4v) is 2.58. The van der Waals surface area contributed by atoms with Crippen LogP contribution in [0.15, 0.2) is 48.8 Å². The van der Waals surface area contributed by atoms with E-state index in [4.69, 9.17) is 9.47 Å². The molecule has 1 aromatic heterocycles. The molecule has 0 spiro atoms. The summed E-state index contributed by atoms with van der Waals surface area (Å²) < 4.78 is 10.3. The number of nitrogens with zero attached hydrogens (tertiary/aromatic N) is 1. The minimum absolute atomic E-state index is 0.0154. The molecule has 1 atom stereocenters. The van der Waals surface area contributed by atoms with Crippen molar-refractivity contribution in [1.29, 1.82) is 0 Å². The number of carbonyl (C=O) groups excluding carboxylic acids is 2. The Balaban J connectivity index is 1.56. The molecule has 124 valence electrons. The molecule has 1 saturated carbocycles. The van der Waals surface area contributed by atoms with Crippen molar-refractivity contribution >= 4 is 12.4 Å². The van der Waals surface area contributed by atoms with Gasteiger partial charge in [0.2, 0.25) is 0 Å². The second-order valence-corrected chi connectivity index (χ2v) is 5.90. The monoisotopic (exact) mass is 325 g/mol. The predicted molar refractivity (Wildman–Crippen MR) is 87.0 cm³/mol. The molecule has 0 saturated heterocycles. The van der Waals surface area contributed by atoms with Crippen LogP contribution < -0.4 is 0 Å². The number of rotatable bonds is 8. The van der Waals surface area contributed by atoms with Crippen molar-refractivity contribution in [3.05, 3.63) is 65.5 Å². The summed E-state index contributed by atoms with van der Waals surface area (Å²) in [6.07, 6.45) is 5.33.